The number of nitrogens with zero attached hydrogens (tertiary/aromatic N) is 1. The molecule has 1 fully saturated rings. The topological polar surface area (TPSA) is 117 Å². The molecule has 1 saturated heterocycles. The molecule has 4 atom stereocenters. The zero-order valence-corrected chi connectivity index (χ0v) is 16.7. The molecule has 3 N–H and O–H groups in total. The van der Waals surface area contributed by atoms with Crippen molar-refractivity contribution in [3.63, 3.8) is 0 Å². The number of carbonyl (C=O) groups excluding carboxylic acids is 2. The zero-order chi connectivity index (χ0) is 21.1. The van der Waals surface area contributed by atoms with Gasteiger partial charge >= 0.3 is 12.1 Å². The van der Waals surface area contributed by atoms with E-state index in [1.807, 2.05) is 6.07 Å². The molecule has 0 unspecified atom stereocenters. The molecule has 8 nitrogen and oxygen atoms in total. The number of piperidine rings is 1. The van der Waals surface area contributed by atoms with Crippen molar-refractivity contribution in [3.8, 4) is 0 Å². The van der Waals surface area contributed by atoms with Crippen LogP contribution in [0.25, 0.3) is 0 Å². The lowest BCUT2D eigenvalue weighted by atomic mass is 9.79. The van der Waals surface area contributed by atoms with Crippen molar-refractivity contribution in [1.82, 2.24) is 4.90 Å². The average molecular weight is 395 g/mol. The van der Waals surface area contributed by atoms with Crippen molar-refractivity contribution < 1.29 is 34.4 Å². The molecule has 28 heavy (non-hydrogen) atoms. The molecule has 0 saturated carbocycles. The number of hydrogen-bond acceptors (Lipinski definition) is 7. The second-order valence-corrected chi connectivity index (χ2v) is 7.90. The van der Waals surface area contributed by atoms with E-state index >= 15 is 0 Å². The minimum atomic E-state index is -2.55. The standard InChI is InChI=1S/C20H29NO7/c1-5-27-17(24)20(26)15(22)12-21(18(25)28-19(2,3)4)14(16(20)23)11-13-9-7-6-8-10-13/h6-10,14-16,22-23,26H,5,11-12H2,1-4H3/t14-,15+,16+,20+/m0/s1. The van der Waals surface area contributed by atoms with E-state index in [4.69, 9.17) is 9.47 Å². The van der Waals surface area contributed by atoms with Crippen LogP contribution in [-0.4, -0.2) is 74.9 Å². The minimum absolute atomic E-state index is 0.0281. The van der Waals surface area contributed by atoms with Crippen LogP contribution < -0.4 is 0 Å². The van der Waals surface area contributed by atoms with Gasteiger partial charge in [0.2, 0.25) is 5.60 Å². The molecule has 0 radical (unpaired) electrons. The van der Waals surface area contributed by atoms with Crippen LogP contribution in [0.5, 0.6) is 0 Å². The smallest absolute Gasteiger partial charge is 0.410 e. The summed E-state index contributed by atoms with van der Waals surface area (Å²) < 4.78 is 10.2. The van der Waals surface area contributed by atoms with Crippen LogP contribution >= 0.6 is 0 Å². The highest BCUT2D eigenvalue weighted by Gasteiger charge is 2.59. The van der Waals surface area contributed by atoms with E-state index in [-0.39, 0.29) is 13.0 Å². The Morgan fingerprint density at radius 2 is 1.82 bits per heavy atom. The van der Waals surface area contributed by atoms with Gasteiger partial charge in [-0.2, -0.15) is 0 Å². The van der Waals surface area contributed by atoms with Gasteiger partial charge in [-0.1, -0.05) is 30.3 Å². The average Bonchev–Trinajstić information content (AvgIpc) is 2.61. The van der Waals surface area contributed by atoms with Gasteiger partial charge in [0, 0.05) is 0 Å². The van der Waals surface area contributed by atoms with E-state index in [9.17, 15) is 24.9 Å². The first-order valence-electron chi connectivity index (χ1n) is 9.30. The number of hydrogen-bond donors (Lipinski definition) is 3. The molecule has 0 bridgehead atoms. The molecule has 1 amide bonds. The maximum absolute atomic E-state index is 12.7. The molecule has 0 aliphatic carbocycles. The Morgan fingerprint density at radius 3 is 2.36 bits per heavy atom. The number of carbonyl (C=O) groups is 2. The maximum Gasteiger partial charge on any atom is 0.410 e. The molecule has 2 rings (SSSR count). The van der Waals surface area contributed by atoms with E-state index < -0.39 is 48.1 Å². The molecule has 1 heterocycles. The number of ether oxygens (including phenoxy) is 2. The summed E-state index contributed by atoms with van der Waals surface area (Å²) in [6.45, 7) is 6.23. The van der Waals surface area contributed by atoms with E-state index in [0.29, 0.717) is 0 Å². The Morgan fingerprint density at radius 1 is 1.21 bits per heavy atom. The van der Waals surface area contributed by atoms with Crippen LogP contribution in [0.1, 0.15) is 33.3 Å². The fourth-order valence-electron chi connectivity index (χ4n) is 3.23. The van der Waals surface area contributed by atoms with Crippen LogP contribution in [0.3, 0.4) is 0 Å². The fourth-order valence-corrected chi connectivity index (χ4v) is 3.23. The SMILES string of the molecule is CCOC(=O)[C@@]1(O)[C@H](O)CN(C(=O)OC(C)(C)C)[C@@H](Cc2ccccc2)[C@H]1O. The van der Waals surface area contributed by atoms with Gasteiger partial charge in [0.1, 0.15) is 17.8 Å². The second kappa shape index (κ2) is 8.46. The molecular formula is C20H29NO7. The van der Waals surface area contributed by atoms with Gasteiger partial charge < -0.3 is 24.8 Å². The maximum atomic E-state index is 12.7. The van der Waals surface area contributed by atoms with Gasteiger partial charge in [-0.3, -0.25) is 4.90 Å². The molecule has 0 spiro atoms. The summed E-state index contributed by atoms with van der Waals surface area (Å²) in [7, 11) is 0. The summed E-state index contributed by atoms with van der Waals surface area (Å²) >= 11 is 0. The monoisotopic (exact) mass is 395 g/mol. The Labute approximate surface area is 164 Å². The second-order valence-electron chi connectivity index (χ2n) is 7.90. The number of benzene rings is 1. The number of aliphatic hydroxyl groups is 3. The van der Waals surface area contributed by atoms with Crippen molar-refractivity contribution in [2.75, 3.05) is 13.2 Å². The first-order chi connectivity index (χ1) is 13.0. The van der Waals surface area contributed by atoms with Crippen LogP contribution in [0.15, 0.2) is 30.3 Å². The molecule has 1 aliphatic heterocycles. The van der Waals surface area contributed by atoms with Gasteiger partial charge in [0.05, 0.1) is 19.2 Å². The van der Waals surface area contributed by atoms with Crippen molar-refractivity contribution in [2.24, 2.45) is 0 Å². The predicted molar refractivity (Wildman–Crippen MR) is 100 cm³/mol. The quantitative estimate of drug-likeness (QED) is 0.648. The summed E-state index contributed by atoms with van der Waals surface area (Å²) in [5.41, 5.74) is -2.56. The van der Waals surface area contributed by atoms with Gasteiger partial charge in [0.25, 0.3) is 0 Å². The highest BCUT2D eigenvalue weighted by molar-refractivity contribution is 5.82. The number of aliphatic hydroxyl groups excluding tert-OH is 2. The van der Waals surface area contributed by atoms with Crippen molar-refractivity contribution in [1.29, 1.82) is 0 Å². The summed E-state index contributed by atoms with van der Waals surface area (Å²) in [6, 6.07) is 8.02. The molecule has 1 aliphatic rings. The number of β-amino-alcohol motifs (C(OH)–C–C–N with tert-alkyl or cyclic N) is 1. The molecule has 1 aromatic carbocycles. The van der Waals surface area contributed by atoms with Crippen LogP contribution in [0.2, 0.25) is 0 Å². The van der Waals surface area contributed by atoms with Gasteiger partial charge in [-0.15, -0.1) is 0 Å². The number of rotatable bonds is 4. The lowest BCUT2D eigenvalue weighted by molar-refractivity contribution is -0.221. The summed E-state index contributed by atoms with van der Waals surface area (Å²) in [6.07, 6.45) is -4.11. The predicted octanol–water partition coefficient (Wildman–Crippen LogP) is 0.864. The lowest BCUT2D eigenvalue weighted by Gasteiger charge is -2.48. The third kappa shape index (κ3) is 4.63. The first kappa shape index (κ1) is 22.1. The number of amides is 1. The normalized spacial score (nSPS) is 28.0. The number of likely N-dealkylation sites (tertiary alicyclic amines) is 1. The molecule has 156 valence electrons. The van der Waals surface area contributed by atoms with Crippen LogP contribution in [0.4, 0.5) is 4.79 Å². The first-order valence-corrected chi connectivity index (χ1v) is 9.30. The van der Waals surface area contributed by atoms with Crippen molar-refractivity contribution in [3.05, 3.63) is 35.9 Å². The Hall–Kier alpha value is -2.16. The van der Waals surface area contributed by atoms with Crippen molar-refractivity contribution in [2.45, 2.75) is 63.6 Å². The van der Waals surface area contributed by atoms with Crippen LogP contribution in [-0.2, 0) is 20.7 Å². The molecule has 0 aromatic heterocycles. The summed E-state index contributed by atoms with van der Waals surface area (Å²) in [4.78, 5) is 26.2. The Bertz CT molecular complexity index is 688. The lowest BCUT2D eigenvalue weighted by Crippen LogP contribution is -2.73. The van der Waals surface area contributed by atoms with Gasteiger partial charge in [-0.25, -0.2) is 9.59 Å². The Kier molecular flexibility index (Phi) is 6.69. The molecule has 8 heteroatoms. The van der Waals surface area contributed by atoms with Crippen molar-refractivity contribution >= 4 is 12.1 Å². The van der Waals surface area contributed by atoms with E-state index in [1.165, 1.54) is 0 Å². The van der Waals surface area contributed by atoms with Gasteiger partial charge in [-0.05, 0) is 39.7 Å². The largest absolute Gasteiger partial charge is 0.464 e. The third-order valence-electron chi connectivity index (χ3n) is 4.61. The highest BCUT2D eigenvalue weighted by Crippen LogP contribution is 2.32. The van der Waals surface area contributed by atoms with Crippen LogP contribution in [0, 0.1) is 0 Å². The summed E-state index contributed by atoms with van der Waals surface area (Å²) in [5.74, 6) is -1.13. The molecule has 1 aromatic rings. The highest BCUT2D eigenvalue weighted by atomic mass is 16.6. The summed E-state index contributed by atoms with van der Waals surface area (Å²) in [5, 5.41) is 32.1. The fraction of sp³-hybridized carbons (Fsp3) is 0.600. The molecular weight excluding hydrogens is 366 g/mol. The zero-order valence-electron chi connectivity index (χ0n) is 16.7. The van der Waals surface area contributed by atoms with E-state index in [0.717, 1.165) is 10.5 Å². The van der Waals surface area contributed by atoms with E-state index in [1.54, 1.807) is 52.0 Å². The van der Waals surface area contributed by atoms with Gasteiger partial charge in [0.15, 0.2) is 0 Å². The van der Waals surface area contributed by atoms with E-state index in [2.05, 4.69) is 0 Å². The third-order valence-corrected chi connectivity index (χ3v) is 4.61. The number of esters is 1. The minimum Gasteiger partial charge on any atom is -0.464 e. The Balaban J connectivity index is 2.39.